The molecule has 0 radical (unpaired) electrons. The van der Waals surface area contributed by atoms with E-state index in [9.17, 15) is 4.79 Å². The van der Waals surface area contributed by atoms with Crippen LogP contribution in [0.3, 0.4) is 0 Å². The number of alkyl halides is 3. The van der Waals surface area contributed by atoms with Gasteiger partial charge in [0.1, 0.15) is 0 Å². The Balaban J connectivity index is 3.03. The van der Waals surface area contributed by atoms with Gasteiger partial charge in [-0.05, 0) is 12.1 Å². The predicted octanol–water partition coefficient (Wildman–Crippen LogP) is 2.98. The smallest absolute Gasteiger partial charge is 0.364 e. The van der Waals surface area contributed by atoms with Crippen LogP contribution in [0, 0.1) is 0 Å². The molecule has 0 bridgehead atoms. The summed E-state index contributed by atoms with van der Waals surface area (Å²) in [5.74, 6) is -0.253. The maximum absolute atomic E-state index is 11.4. The van der Waals surface area contributed by atoms with Gasteiger partial charge in [-0.25, -0.2) is 4.79 Å². The Hall–Kier alpha value is -0.840. The summed E-state index contributed by atoms with van der Waals surface area (Å²) in [6.45, 7) is 0. The predicted molar refractivity (Wildman–Crippen MR) is 65.5 cm³/mol. The van der Waals surface area contributed by atoms with E-state index in [-0.39, 0.29) is 11.5 Å². The molecule has 0 spiro atoms. The molecule has 0 aromatic heterocycles. The van der Waals surface area contributed by atoms with Crippen molar-refractivity contribution in [1.82, 2.24) is 0 Å². The fraction of sp³-hybridized carbons (Fsp3) is 0.300. The number of carbonyl (C=O) groups is 1. The molecule has 7 heteroatoms. The van der Waals surface area contributed by atoms with Gasteiger partial charge < -0.3 is 14.2 Å². The van der Waals surface area contributed by atoms with E-state index in [1.54, 1.807) is 12.1 Å². The summed E-state index contributed by atoms with van der Waals surface area (Å²) in [5, 5.41) is 0. The highest BCUT2D eigenvalue weighted by atomic mass is 35.6. The van der Waals surface area contributed by atoms with Crippen molar-refractivity contribution in [2.45, 2.75) is 3.79 Å². The number of halogens is 3. The summed E-state index contributed by atoms with van der Waals surface area (Å²) in [6.07, 6.45) is 0. The highest BCUT2D eigenvalue weighted by molar-refractivity contribution is 6.75. The normalized spacial score (nSPS) is 10.9. The van der Waals surface area contributed by atoms with Gasteiger partial charge in [-0.1, -0.05) is 40.9 Å². The maximum atomic E-state index is 11.4. The Bertz CT molecular complexity index is 415. The van der Waals surface area contributed by atoms with Crippen LogP contribution < -0.4 is 14.2 Å². The molecule has 0 saturated carbocycles. The van der Waals surface area contributed by atoms with Crippen LogP contribution in [0.5, 0.6) is 17.2 Å². The highest BCUT2D eigenvalue weighted by Crippen LogP contribution is 2.38. The van der Waals surface area contributed by atoms with E-state index in [0.717, 1.165) is 0 Å². The number of para-hydroxylation sites is 1. The molecule has 0 N–H and O–H groups in total. The zero-order valence-electron chi connectivity index (χ0n) is 9.00. The summed E-state index contributed by atoms with van der Waals surface area (Å²) < 4.78 is 12.8. The van der Waals surface area contributed by atoms with Crippen molar-refractivity contribution >= 4 is 40.8 Å². The molecule has 0 aliphatic rings. The topological polar surface area (TPSA) is 44.8 Å². The fourth-order valence-corrected chi connectivity index (χ4v) is 1.21. The summed E-state index contributed by atoms with van der Waals surface area (Å²) in [7, 11) is 2.86. The van der Waals surface area contributed by atoms with Crippen LogP contribution in [0.1, 0.15) is 0 Å². The highest BCUT2D eigenvalue weighted by Gasteiger charge is 2.34. The molecular weight excluding hydrogens is 290 g/mol. The van der Waals surface area contributed by atoms with Gasteiger partial charge in [-0.2, -0.15) is 0 Å². The van der Waals surface area contributed by atoms with Gasteiger partial charge in [-0.15, -0.1) is 0 Å². The van der Waals surface area contributed by atoms with Crippen molar-refractivity contribution in [1.29, 1.82) is 0 Å². The first-order valence-electron chi connectivity index (χ1n) is 4.40. The second kappa shape index (κ2) is 5.67. The molecule has 0 amide bonds. The Morgan fingerprint density at radius 1 is 1.12 bits per heavy atom. The molecule has 0 saturated heterocycles. The van der Waals surface area contributed by atoms with Gasteiger partial charge in [0, 0.05) is 0 Å². The summed E-state index contributed by atoms with van der Waals surface area (Å²) in [4.78, 5) is 11.4. The van der Waals surface area contributed by atoms with Gasteiger partial charge in [0.2, 0.25) is 5.75 Å². The van der Waals surface area contributed by atoms with Crippen LogP contribution in [0.15, 0.2) is 18.2 Å². The van der Waals surface area contributed by atoms with Crippen LogP contribution in [-0.2, 0) is 4.79 Å². The third-order valence-electron chi connectivity index (χ3n) is 1.80. The number of ether oxygens (including phenoxy) is 3. The SMILES string of the molecule is COc1cccc(OC(=O)C(Cl)(Cl)Cl)c1OC. The minimum Gasteiger partial charge on any atom is -0.493 e. The minimum absolute atomic E-state index is 0.114. The molecule has 0 aliphatic carbocycles. The molecule has 0 atom stereocenters. The van der Waals surface area contributed by atoms with E-state index in [2.05, 4.69) is 0 Å². The van der Waals surface area contributed by atoms with E-state index < -0.39 is 9.76 Å². The quantitative estimate of drug-likeness (QED) is 0.489. The third-order valence-corrected chi connectivity index (χ3v) is 2.26. The number of esters is 1. The molecule has 0 fully saturated rings. The molecule has 1 aromatic carbocycles. The van der Waals surface area contributed by atoms with Gasteiger partial charge in [0.25, 0.3) is 3.79 Å². The van der Waals surface area contributed by atoms with Gasteiger partial charge in [0.15, 0.2) is 11.5 Å². The molecule has 94 valence electrons. The number of hydrogen-bond acceptors (Lipinski definition) is 4. The number of hydrogen-bond donors (Lipinski definition) is 0. The summed E-state index contributed by atoms with van der Waals surface area (Å²) in [6, 6.07) is 4.75. The van der Waals surface area contributed by atoms with Crippen molar-refractivity contribution in [3.63, 3.8) is 0 Å². The third kappa shape index (κ3) is 3.56. The lowest BCUT2D eigenvalue weighted by atomic mass is 10.3. The molecule has 1 aromatic rings. The van der Waals surface area contributed by atoms with Crippen LogP contribution >= 0.6 is 34.8 Å². The average Bonchev–Trinajstić information content (AvgIpc) is 2.27. The summed E-state index contributed by atoms with van der Waals surface area (Å²) in [5.41, 5.74) is 0. The lowest BCUT2D eigenvalue weighted by molar-refractivity contribution is -0.133. The van der Waals surface area contributed by atoms with Crippen LogP contribution in [-0.4, -0.2) is 24.0 Å². The van der Waals surface area contributed by atoms with E-state index in [1.807, 2.05) is 0 Å². The zero-order chi connectivity index (χ0) is 13.1. The Labute approximate surface area is 113 Å². The van der Waals surface area contributed by atoms with Crippen molar-refractivity contribution in [3.05, 3.63) is 18.2 Å². The molecular formula is C10H9Cl3O4. The van der Waals surface area contributed by atoms with Crippen molar-refractivity contribution in [2.24, 2.45) is 0 Å². The largest absolute Gasteiger partial charge is 0.493 e. The minimum atomic E-state index is -2.14. The van der Waals surface area contributed by atoms with Crippen LogP contribution in [0.2, 0.25) is 0 Å². The molecule has 4 nitrogen and oxygen atoms in total. The van der Waals surface area contributed by atoms with Crippen molar-refractivity contribution in [3.8, 4) is 17.2 Å². The van der Waals surface area contributed by atoms with Crippen LogP contribution in [0.25, 0.3) is 0 Å². The van der Waals surface area contributed by atoms with E-state index in [0.29, 0.717) is 5.75 Å². The van der Waals surface area contributed by atoms with Crippen LogP contribution in [0.4, 0.5) is 0 Å². The molecule has 17 heavy (non-hydrogen) atoms. The number of benzene rings is 1. The first-order chi connectivity index (χ1) is 7.90. The molecule has 1 rings (SSSR count). The molecule has 0 unspecified atom stereocenters. The average molecular weight is 300 g/mol. The van der Waals surface area contributed by atoms with E-state index >= 15 is 0 Å². The van der Waals surface area contributed by atoms with Gasteiger partial charge in [0.05, 0.1) is 14.2 Å². The number of rotatable bonds is 3. The first-order valence-corrected chi connectivity index (χ1v) is 5.53. The van der Waals surface area contributed by atoms with Crippen molar-refractivity contribution < 1.29 is 19.0 Å². The molecule has 0 aliphatic heterocycles. The first kappa shape index (κ1) is 14.2. The Morgan fingerprint density at radius 2 is 1.71 bits per heavy atom. The second-order valence-corrected chi connectivity index (χ2v) is 5.16. The van der Waals surface area contributed by atoms with E-state index in [4.69, 9.17) is 49.0 Å². The standard InChI is InChI=1S/C10H9Cl3O4/c1-15-6-4-3-5-7(8(6)16-2)17-9(14)10(11,12)13/h3-5H,1-2H3. The van der Waals surface area contributed by atoms with Crippen molar-refractivity contribution in [2.75, 3.05) is 14.2 Å². The lowest BCUT2D eigenvalue weighted by Crippen LogP contribution is -2.24. The fourth-order valence-electron chi connectivity index (χ4n) is 1.10. The van der Waals surface area contributed by atoms with E-state index in [1.165, 1.54) is 20.3 Å². The monoisotopic (exact) mass is 298 g/mol. The van der Waals surface area contributed by atoms with Gasteiger partial charge in [-0.3, -0.25) is 0 Å². The Morgan fingerprint density at radius 3 is 2.18 bits per heavy atom. The maximum Gasteiger partial charge on any atom is 0.364 e. The number of methoxy groups -OCH3 is 2. The second-order valence-electron chi connectivity index (χ2n) is 2.88. The Kier molecular flexibility index (Phi) is 4.74. The number of carbonyl (C=O) groups excluding carboxylic acids is 1. The molecule has 0 heterocycles. The van der Waals surface area contributed by atoms with Gasteiger partial charge >= 0.3 is 5.97 Å². The summed E-state index contributed by atoms with van der Waals surface area (Å²) >= 11 is 16.2. The zero-order valence-corrected chi connectivity index (χ0v) is 11.3. The lowest BCUT2D eigenvalue weighted by Gasteiger charge is -2.14.